The summed E-state index contributed by atoms with van der Waals surface area (Å²) in [5.74, 6) is 1.37. The molecule has 0 spiro atoms. The average Bonchev–Trinajstić information content (AvgIpc) is 3.49. The van der Waals surface area contributed by atoms with Crippen molar-refractivity contribution in [1.29, 1.82) is 0 Å². The van der Waals surface area contributed by atoms with Crippen LogP contribution in [0.15, 0.2) is 81.3 Å². The van der Waals surface area contributed by atoms with E-state index in [1.54, 1.807) is 18.3 Å². The van der Waals surface area contributed by atoms with Gasteiger partial charge in [-0.3, -0.25) is 9.69 Å². The molecule has 6 nitrogen and oxygen atoms in total. The number of likely N-dealkylation sites (N-methyl/N-ethyl adjacent to an activating group) is 1. The summed E-state index contributed by atoms with van der Waals surface area (Å²) >= 11 is 1.38. The lowest BCUT2D eigenvalue weighted by Gasteiger charge is -2.42. The van der Waals surface area contributed by atoms with Crippen LogP contribution in [0.3, 0.4) is 0 Å². The van der Waals surface area contributed by atoms with Crippen LogP contribution in [0.4, 0.5) is 11.4 Å². The highest BCUT2D eigenvalue weighted by atomic mass is 32.2. The first-order chi connectivity index (χ1) is 17.8. The van der Waals surface area contributed by atoms with Gasteiger partial charge in [0.2, 0.25) is 0 Å². The number of allylic oxidation sites excluding steroid dienone is 1. The number of carbonyl (C=O) groups is 1. The minimum Gasteiger partial charge on any atom is -0.497 e. The highest BCUT2D eigenvalue weighted by molar-refractivity contribution is 8.18. The number of thioether (sulfide) groups is 1. The van der Waals surface area contributed by atoms with Crippen LogP contribution in [-0.2, 0) is 11.3 Å². The lowest BCUT2D eigenvalue weighted by molar-refractivity contribution is -0.122. The van der Waals surface area contributed by atoms with Crippen LogP contribution >= 0.6 is 11.8 Å². The lowest BCUT2D eigenvalue weighted by Crippen LogP contribution is -2.44. The first kappa shape index (κ1) is 25.0. The molecule has 0 N–H and O–H groups in total. The molecule has 0 bridgehead atoms. The second kappa shape index (κ2) is 9.98. The number of amidine groups is 1. The van der Waals surface area contributed by atoms with Gasteiger partial charge in [0.15, 0.2) is 5.17 Å². The Kier molecular flexibility index (Phi) is 6.73. The number of amides is 1. The number of ether oxygens (including phenoxy) is 1. The molecule has 2 aliphatic heterocycles. The van der Waals surface area contributed by atoms with Crippen molar-refractivity contribution in [2.75, 3.05) is 18.6 Å². The predicted molar refractivity (Wildman–Crippen MR) is 152 cm³/mol. The fraction of sp³-hybridized carbons (Fsp3) is 0.267. The number of hydrogen-bond donors (Lipinski definition) is 0. The van der Waals surface area contributed by atoms with Crippen molar-refractivity contribution in [3.05, 3.63) is 88.7 Å². The minimum absolute atomic E-state index is 0.0394. The van der Waals surface area contributed by atoms with E-state index in [-0.39, 0.29) is 11.4 Å². The van der Waals surface area contributed by atoms with E-state index < -0.39 is 0 Å². The monoisotopic (exact) mass is 513 g/mol. The Morgan fingerprint density at radius 1 is 1.14 bits per heavy atom. The Labute approximate surface area is 222 Å². The molecule has 3 aromatic rings. The van der Waals surface area contributed by atoms with Crippen LogP contribution < -0.4 is 9.64 Å². The van der Waals surface area contributed by atoms with Gasteiger partial charge >= 0.3 is 0 Å². The Morgan fingerprint density at radius 3 is 2.59 bits per heavy atom. The quantitative estimate of drug-likeness (QED) is 0.329. The van der Waals surface area contributed by atoms with E-state index in [0.717, 1.165) is 23.5 Å². The molecule has 1 amide bonds. The maximum absolute atomic E-state index is 13.5. The van der Waals surface area contributed by atoms with Gasteiger partial charge in [0, 0.05) is 17.8 Å². The van der Waals surface area contributed by atoms with E-state index in [9.17, 15) is 4.79 Å². The van der Waals surface area contributed by atoms with Crippen molar-refractivity contribution >= 4 is 45.9 Å². The number of aliphatic imine (C=N–C) groups is 1. The number of benzene rings is 2. The second-order valence-electron chi connectivity index (χ2n) is 9.68. The van der Waals surface area contributed by atoms with E-state index >= 15 is 0 Å². The molecule has 190 valence electrons. The van der Waals surface area contributed by atoms with Gasteiger partial charge in [-0.1, -0.05) is 12.1 Å². The Balaban J connectivity index is 1.50. The molecule has 7 heteroatoms. The molecule has 2 aromatic carbocycles. The molecule has 3 heterocycles. The smallest absolute Gasteiger partial charge is 0.267 e. The van der Waals surface area contributed by atoms with Crippen LogP contribution in [0.1, 0.15) is 44.6 Å². The van der Waals surface area contributed by atoms with Gasteiger partial charge < -0.3 is 14.1 Å². The number of hydrogen-bond acceptors (Lipinski definition) is 6. The number of furan rings is 1. The molecular weight excluding hydrogens is 482 g/mol. The summed E-state index contributed by atoms with van der Waals surface area (Å²) in [4.78, 5) is 23.0. The zero-order chi connectivity index (χ0) is 26.2. The van der Waals surface area contributed by atoms with Gasteiger partial charge in [-0.15, -0.1) is 0 Å². The molecule has 2 aliphatic rings. The highest BCUT2D eigenvalue weighted by Crippen LogP contribution is 2.40. The standard InChI is InChI=1S/C30H31N3O3S/c1-6-33-26-14-9-21(16-25(26)20(2)18-30(33,3)4)17-27-28(34)32(19-24-8-7-15-36-24)29(37-27)31-22-10-12-23(35-5)13-11-22/h7-18H,6,19H2,1-5H3/b27-17+,31-29?. The van der Waals surface area contributed by atoms with Gasteiger partial charge in [0.25, 0.3) is 5.91 Å². The molecule has 5 rings (SSSR count). The van der Waals surface area contributed by atoms with Crippen molar-refractivity contribution in [1.82, 2.24) is 4.90 Å². The molecule has 0 unspecified atom stereocenters. The van der Waals surface area contributed by atoms with Crippen molar-refractivity contribution in [2.24, 2.45) is 4.99 Å². The molecule has 0 radical (unpaired) electrons. The molecule has 1 saturated heterocycles. The Hall–Kier alpha value is -3.71. The Bertz CT molecular complexity index is 1400. The summed E-state index contributed by atoms with van der Waals surface area (Å²) < 4.78 is 10.8. The van der Waals surface area contributed by atoms with Crippen LogP contribution in [0, 0.1) is 0 Å². The third-order valence-electron chi connectivity index (χ3n) is 6.69. The predicted octanol–water partition coefficient (Wildman–Crippen LogP) is 7.11. The van der Waals surface area contributed by atoms with Gasteiger partial charge in [-0.25, -0.2) is 4.99 Å². The summed E-state index contributed by atoms with van der Waals surface area (Å²) in [6.45, 7) is 10.1. The SMILES string of the molecule is CCN1c2ccc(/C=C3/SC(=Nc4ccc(OC)cc4)N(Cc4ccco4)C3=O)cc2C(C)=CC1(C)C. The number of anilines is 1. The molecule has 0 saturated carbocycles. The first-order valence-corrected chi connectivity index (χ1v) is 13.2. The molecule has 1 fully saturated rings. The van der Waals surface area contributed by atoms with Crippen molar-refractivity contribution in [2.45, 2.75) is 39.8 Å². The maximum atomic E-state index is 13.5. The van der Waals surface area contributed by atoms with E-state index in [4.69, 9.17) is 14.1 Å². The van der Waals surface area contributed by atoms with Gasteiger partial charge in [0.05, 0.1) is 36.0 Å². The normalized spacial score (nSPS) is 18.9. The van der Waals surface area contributed by atoms with Crippen molar-refractivity contribution in [3.63, 3.8) is 0 Å². The summed E-state index contributed by atoms with van der Waals surface area (Å²) in [5, 5.41) is 0.616. The number of nitrogens with zero attached hydrogens (tertiary/aromatic N) is 3. The van der Waals surface area contributed by atoms with E-state index in [1.807, 2.05) is 42.5 Å². The van der Waals surface area contributed by atoms with Crippen LogP contribution in [0.25, 0.3) is 11.6 Å². The van der Waals surface area contributed by atoms with E-state index in [2.05, 4.69) is 56.9 Å². The number of methoxy groups -OCH3 is 1. The van der Waals surface area contributed by atoms with Crippen molar-refractivity contribution in [3.8, 4) is 5.75 Å². The van der Waals surface area contributed by atoms with E-state index in [0.29, 0.717) is 22.4 Å². The second-order valence-corrected chi connectivity index (χ2v) is 10.7. The topological polar surface area (TPSA) is 58.3 Å². The molecule has 0 aliphatic carbocycles. The van der Waals surface area contributed by atoms with Gasteiger partial charge in [-0.2, -0.15) is 0 Å². The van der Waals surface area contributed by atoms with E-state index in [1.165, 1.54) is 28.6 Å². The van der Waals surface area contributed by atoms with Crippen molar-refractivity contribution < 1.29 is 13.9 Å². The molecular formula is C30H31N3O3S. The summed E-state index contributed by atoms with van der Waals surface area (Å²) in [7, 11) is 1.63. The lowest BCUT2D eigenvalue weighted by atomic mass is 9.88. The minimum atomic E-state index is -0.0880. The molecule has 0 atom stereocenters. The third-order valence-corrected chi connectivity index (χ3v) is 7.70. The maximum Gasteiger partial charge on any atom is 0.267 e. The summed E-state index contributed by atoms with van der Waals surface area (Å²) in [6, 6.07) is 17.6. The first-order valence-electron chi connectivity index (χ1n) is 12.4. The Morgan fingerprint density at radius 2 is 1.92 bits per heavy atom. The fourth-order valence-electron chi connectivity index (χ4n) is 4.98. The average molecular weight is 514 g/mol. The molecule has 1 aromatic heterocycles. The zero-order valence-electron chi connectivity index (χ0n) is 21.8. The van der Waals surface area contributed by atoms with Crippen LogP contribution in [0.5, 0.6) is 5.75 Å². The van der Waals surface area contributed by atoms with Gasteiger partial charge in [0.1, 0.15) is 11.5 Å². The number of fused-ring (bicyclic) bond motifs is 1. The summed E-state index contributed by atoms with van der Waals surface area (Å²) in [6.07, 6.45) is 5.89. The number of rotatable bonds is 6. The largest absolute Gasteiger partial charge is 0.497 e. The number of carbonyl (C=O) groups excluding carboxylic acids is 1. The zero-order valence-corrected chi connectivity index (χ0v) is 22.6. The molecule has 37 heavy (non-hydrogen) atoms. The van der Waals surface area contributed by atoms with Crippen LogP contribution in [0.2, 0.25) is 0 Å². The highest BCUT2D eigenvalue weighted by Gasteiger charge is 2.34. The fourth-order valence-corrected chi connectivity index (χ4v) is 5.97. The van der Waals surface area contributed by atoms with Crippen LogP contribution in [-0.4, -0.2) is 35.2 Å². The van der Waals surface area contributed by atoms with Gasteiger partial charge in [-0.05, 0) is 105 Å². The third kappa shape index (κ3) is 4.96. The summed E-state index contributed by atoms with van der Waals surface area (Å²) in [5.41, 5.74) is 5.37.